The highest BCUT2D eigenvalue weighted by Gasteiger charge is 2.39. The zero-order chi connectivity index (χ0) is 11.8. The van der Waals surface area contributed by atoms with Gasteiger partial charge < -0.3 is 9.84 Å². The third-order valence-electron chi connectivity index (χ3n) is 3.81. The summed E-state index contributed by atoms with van der Waals surface area (Å²) < 4.78 is 5.20. The van der Waals surface area contributed by atoms with Crippen LogP contribution in [0.5, 0.6) is 0 Å². The van der Waals surface area contributed by atoms with Gasteiger partial charge in [-0.25, -0.2) is 0 Å². The van der Waals surface area contributed by atoms with Gasteiger partial charge in [0.15, 0.2) is 0 Å². The monoisotopic (exact) mass is 232 g/mol. The Morgan fingerprint density at radius 2 is 2.12 bits per heavy atom. The van der Waals surface area contributed by atoms with E-state index in [1.807, 2.05) is 0 Å². The molecule has 1 saturated carbocycles. The summed E-state index contributed by atoms with van der Waals surface area (Å²) in [5.74, 6) is 0.681. The fourth-order valence-corrected chi connectivity index (χ4v) is 2.58. The minimum atomic E-state index is -0.680. The molecular weight excluding hydrogens is 216 g/mol. The Balaban J connectivity index is 1.69. The minimum Gasteiger partial charge on any atom is -0.481 e. The maximum Gasteiger partial charge on any atom is 0.303 e. The summed E-state index contributed by atoms with van der Waals surface area (Å²) in [7, 11) is 0. The summed E-state index contributed by atoms with van der Waals surface area (Å²) in [4.78, 5) is 10.6. The van der Waals surface area contributed by atoms with E-state index in [0.717, 1.165) is 19.6 Å². The lowest BCUT2D eigenvalue weighted by molar-refractivity contribution is -0.137. The molecule has 2 fully saturated rings. The van der Waals surface area contributed by atoms with Gasteiger partial charge in [-0.15, -0.1) is 0 Å². The molecule has 2 atom stereocenters. The van der Waals surface area contributed by atoms with Gasteiger partial charge in [-0.3, -0.25) is 4.79 Å². The molecule has 17 heavy (non-hydrogen) atoms. The zero-order valence-electron chi connectivity index (χ0n) is 9.63. The summed E-state index contributed by atoms with van der Waals surface area (Å²) in [6.45, 7) is 1.65. The number of aliphatic carboxylic acids is 1. The van der Waals surface area contributed by atoms with Crippen LogP contribution < -0.4 is 0 Å². The van der Waals surface area contributed by atoms with Gasteiger partial charge in [0.25, 0.3) is 0 Å². The number of rotatable bonds is 4. The molecule has 0 bridgehead atoms. The van der Waals surface area contributed by atoms with Crippen LogP contribution in [0.2, 0.25) is 0 Å². The van der Waals surface area contributed by atoms with E-state index in [-0.39, 0.29) is 0 Å². The zero-order valence-corrected chi connectivity index (χ0v) is 9.63. The van der Waals surface area contributed by atoms with Crippen LogP contribution in [0.3, 0.4) is 0 Å². The first-order valence-electron chi connectivity index (χ1n) is 6.13. The number of ether oxygens (including phenoxy) is 1. The Labute approximate surface area is 100 Å². The Bertz CT molecular complexity index is 437. The highest BCUT2D eigenvalue weighted by Crippen LogP contribution is 2.49. The molecule has 3 heteroatoms. The largest absolute Gasteiger partial charge is 0.481 e. The van der Waals surface area contributed by atoms with Crippen LogP contribution in [0, 0.1) is 5.92 Å². The second-order valence-corrected chi connectivity index (χ2v) is 5.10. The van der Waals surface area contributed by atoms with E-state index in [9.17, 15) is 4.79 Å². The number of hydrogen-bond acceptors (Lipinski definition) is 2. The van der Waals surface area contributed by atoms with Crippen molar-refractivity contribution < 1.29 is 14.6 Å². The molecule has 1 aliphatic carbocycles. The van der Waals surface area contributed by atoms with Gasteiger partial charge in [-0.1, -0.05) is 24.3 Å². The number of benzene rings is 1. The van der Waals surface area contributed by atoms with Crippen molar-refractivity contribution in [1.29, 1.82) is 0 Å². The van der Waals surface area contributed by atoms with Crippen molar-refractivity contribution in [2.75, 3.05) is 13.2 Å². The van der Waals surface area contributed by atoms with Gasteiger partial charge in [0.05, 0.1) is 13.2 Å². The van der Waals surface area contributed by atoms with E-state index < -0.39 is 5.97 Å². The molecule has 1 N–H and O–H groups in total. The molecule has 1 heterocycles. The number of carboxylic acids is 1. The van der Waals surface area contributed by atoms with Crippen LogP contribution in [0.4, 0.5) is 0 Å². The van der Waals surface area contributed by atoms with Crippen molar-refractivity contribution in [2.45, 2.75) is 24.7 Å². The quantitative estimate of drug-likeness (QED) is 0.867. The van der Waals surface area contributed by atoms with E-state index in [1.54, 1.807) is 0 Å². The predicted octanol–water partition coefficient (Wildman–Crippen LogP) is 2.38. The molecule has 0 amide bonds. The number of hydrogen-bond donors (Lipinski definition) is 1. The fourth-order valence-electron chi connectivity index (χ4n) is 2.58. The lowest BCUT2D eigenvalue weighted by Crippen LogP contribution is -2.25. The second-order valence-electron chi connectivity index (χ2n) is 5.10. The molecule has 0 spiro atoms. The Kier molecular flexibility index (Phi) is 2.63. The van der Waals surface area contributed by atoms with E-state index in [4.69, 9.17) is 9.84 Å². The molecule has 0 aromatic heterocycles. The predicted molar refractivity (Wildman–Crippen MR) is 63.1 cm³/mol. The molecule has 0 radical (unpaired) electrons. The van der Waals surface area contributed by atoms with E-state index in [0.29, 0.717) is 24.2 Å². The van der Waals surface area contributed by atoms with E-state index in [2.05, 4.69) is 24.3 Å². The fraction of sp³-hybridized carbons (Fsp3) is 0.500. The highest BCUT2D eigenvalue weighted by molar-refractivity contribution is 5.67. The van der Waals surface area contributed by atoms with Gasteiger partial charge >= 0.3 is 5.97 Å². The average Bonchev–Trinajstić information content (AvgIpc) is 2.94. The molecule has 2 aliphatic rings. The first kappa shape index (κ1) is 10.8. The summed E-state index contributed by atoms with van der Waals surface area (Å²) in [6.07, 6.45) is 1.33. The summed E-state index contributed by atoms with van der Waals surface area (Å²) in [5, 5.41) is 8.76. The van der Waals surface area contributed by atoms with Crippen LogP contribution in [0.15, 0.2) is 24.3 Å². The number of carboxylic acid groups (broad SMARTS) is 1. The Morgan fingerprint density at radius 1 is 1.35 bits per heavy atom. The summed E-state index contributed by atoms with van der Waals surface area (Å²) >= 11 is 0. The Hall–Kier alpha value is -1.35. The molecule has 1 aromatic rings. The molecule has 90 valence electrons. The van der Waals surface area contributed by atoms with Crippen LogP contribution in [0.25, 0.3) is 0 Å². The highest BCUT2D eigenvalue weighted by atomic mass is 16.5. The van der Waals surface area contributed by atoms with Crippen molar-refractivity contribution in [1.82, 2.24) is 0 Å². The second kappa shape index (κ2) is 4.15. The van der Waals surface area contributed by atoms with Crippen LogP contribution in [-0.2, 0) is 9.53 Å². The number of carbonyl (C=O) groups is 1. The molecule has 1 aliphatic heterocycles. The van der Waals surface area contributed by atoms with Crippen LogP contribution in [0.1, 0.15) is 35.8 Å². The first-order valence-corrected chi connectivity index (χ1v) is 6.13. The van der Waals surface area contributed by atoms with Crippen LogP contribution in [-0.4, -0.2) is 24.3 Å². The third kappa shape index (κ3) is 2.20. The van der Waals surface area contributed by atoms with Crippen molar-refractivity contribution in [2.24, 2.45) is 5.92 Å². The normalized spacial score (nSPS) is 27.5. The SMILES string of the molecule is O=C(O)CC1CC1c1cccc(C2COC2)c1. The van der Waals surface area contributed by atoms with Crippen molar-refractivity contribution >= 4 is 5.97 Å². The standard InChI is InChI=1S/C14H16O3/c15-14(16)6-11-5-13(11)10-3-1-2-9(4-10)12-7-17-8-12/h1-4,11-13H,5-8H2,(H,15,16). The van der Waals surface area contributed by atoms with E-state index in [1.165, 1.54) is 11.1 Å². The molecular formula is C14H16O3. The van der Waals surface area contributed by atoms with Crippen molar-refractivity contribution in [3.8, 4) is 0 Å². The topological polar surface area (TPSA) is 46.5 Å². The van der Waals surface area contributed by atoms with E-state index >= 15 is 0 Å². The Morgan fingerprint density at radius 3 is 2.76 bits per heavy atom. The van der Waals surface area contributed by atoms with Crippen molar-refractivity contribution in [3.05, 3.63) is 35.4 Å². The molecule has 1 saturated heterocycles. The third-order valence-corrected chi connectivity index (χ3v) is 3.81. The molecule has 3 nitrogen and oxygen atoms in total. The molecule has 2 unspecified atom stereocenters. The summed E-state index contributed by atoms with van der Waals surface area (Å²) in [6, 6.07) is 8.58. The van der Waals surface area contributed by atoms with Crippen molar-refractivity contribution in [3.63, 3.8) is 0 Å². The first-order chi connectivity index (χ1) is 8.24. The van der Waals surface area contributed by atoms with Gasteiger partial charge in [0, 0.05) is 12.3 Å². The lowest BCUT2D eigenvalue weighted by Gasteiger charge is -2.26. The maximum atomic E-state index is 10.6. The van der Waals surface area contributed by atoms with Gasteiger partial charge in [-0.2, -0.15) is 0 Å². The maximum absolute atomic E-state index is 10.6. The van der Waals surface area contributed by atoms with Gasteiger partial charge in [0.1, 0.15) is 0 Å². The molecule has 3 rings (SSSR count). The van der Waals surface area contributed by atoms with Gasteiger partial charge in [-0.05, 0) is 29.4 Å². The average molecular weight is 232 g/mol. The molecule has 1 aromatic carbocycles. The smallest absolute Gasteiger partial charge is 0.303 e. The lowest BCUT2D eigenvalue weighted by atomic mass is 9.94. The minimum absolute atomic E-state index is 0.307. The van der Waals surface area contributed by atoms with Crippen LogP contribution >= 0.6 is 0 Å². The summed E-state index contributed by atoms with van der Waals surface area (Å²) in [5.41, 5.74) is 2.65. The van der Waals surface area contributed by atoms with Gasteiger partial charge in [0.2, 0.25) is 0 Å².